The number of alkyl halides is 3. The van der Waals surface area contributed by atoms with E-state index < -0.39 is 18.6 Å². The zero-order chi connectivity index (χ0) is 12.2. The van der Waals surface area contributed by atoms with E-state index in [0.717, 1.165) is 5.69 Å². The van der Waals surface area contributed by atoms with Gasteiger partial charge >= 0.3 is 6.18 Å². The summed E-state index contributed by atoms with van der Waals surface area (Å²) in [6.45, 7) is 0. The van der Waals surface area contributed by atoms with Gasteiger partial charge in [0, 0.05) is 31.4 Å². The zero-order valence-electron chi connectivity index (χ0n) is 9.17. The maximum Gasteiger partial charge on any atom is 0.389 e. The molecule has 1 rings (SSSR count). The van der Waals surface area contributed by atoms with Crippen molar-refractivity contribution in [3.8, 4) is 0 Å². The largest absolute Gasteiger partial charge is 0.389 e. The Morgan fingerprint density at radius 2 is 2.12 bits per heavy atom. The second kappa shape index (κ2) is 5.34. The summed E-state index contributed by atoms with van der Waals surface area (Å²) in [7, 11) is 1.80. The van der Waals surface area contributed by atoms with Gasteiger partial charge in [-0.15, -0.1) is 0 Å². The quantitative estimate of drug-likeness (QED) is 0.848. The minimum Gasteiger partial charge on any atom is -0.328 e. The molecule has 0 aliphatic rings. The molecular weight excluding hydrogens is 219 g/mol. The molecule has 92 valence electrons. The van der Waals surface area contributed by atoms with Crippen LogP contribution in [0.3, 0.4) is 0 Å². The van der Waals surface area contributed by atoms with Crippen molar-refractivity contribution in [1.82, 2.24) is 9.78 Å². The van der Waals surface area contributed by atoms with E-state index in [1.807, 2.05) is 6.07 Å². The molecule has 0 radical (unpaired) electrons. The Hall–Kier alpha value is -1.04. The molecule has 6 heteroatoms. The van der Waals surface area contributed by atoms with Crippen molar-refractivity contribution in [3.63, 3.8) is 0 Å². The van der Waals surface area contributed by atoms with Crippen LogP contribution in [0.5, 0.6) is 0 Å². The molecule has 0 saturated carbocycles. The lowest BCUT2D eigenvalue weighted by Crippen LogP contribution is -2.24. The fourth-order valence-electron chi connectivity index (χ4n) is 1.47. The highest BCUT2D eigenvalue weighted by atomic mass is 19.4. The summed E-state index contributed by atoms with van der Waals surface area (Å²) in [5.74, 6) is 0. The molecule has 0 amide bonds. The van der Waals surface area contributed by atoms with Gasteiger partial charge in [-0.25, -0.2) is 0 Å². The molecule has 16 heavy (non-hydrogen) atoms. The van der Waals surface area contributed by atoms with Crippen molar-refractivity contribution in [2.24, 2.45) is 12.8 Å². The molecule has 1 aromatic rings. The van der Waals surface area contributed by atoms with Gasteiger partial charge < -0.3 is 5.73 Å². The van der Waals surface area contributed by atoms with Gasteiger partial charge in [-0.3, -0.25) is 4.68 Å². The summed E-state index contributed by atoms with van der Waals surface area (Å²) in [4.78, 5) is 0. The Labute approximate surface area is 92.4 Å². The first-order valence-electron chi connectivity index (χ1n) is 5.17. The normalized spacial score (nSPS) is 14.1. The standard InChI is InChI=1S/C10H16F3N3/c1-16-9(5-7-15-16)3-2-8(14)4-6-10(11,12)13/h5,7-8H,2-4,6,14H2,1H3. The Morgan fingerprint density at radius 3 is 2.62 bits per heavy atom. The van der Waals surface area contributed by atoms with Crippen molar-refractivity contribution >= 4 is 0 Å². The third-order valence-corrected chi connectivity index (χ3v) is 2.49. The molecule has 0 aromatic carbocycles. The van der Waals surface area contributed by atoms with Crippen LogP contribution in [-0.4, -0.2) is 22.0 Å². The molecular formula is C10H16F3N3. The molecule has 0 aliphatic carbocycles. The fraction of sp³-hybridized carbons (Fsp3) is 0.700. The summed E-state index contributed by atoms with van der Waals surface area (Å²) < 4.78 is 37.5. The number of aryl methyl sites for hydroxylation is 2. The van der Waals surface area contributed by atoms with E-state index in [-0.39, 0.29) is 6.42 Å². The van der Waals surface area contributed by atoms with Crippen LogP contribution in [0.2, 0.25) is 0 Å². The van der Waals surface area contributed by atoms with E-state index in [1.54, 1.807) is 17.9 Å². The van der Waals surface area contributed by atoms with Crippen molar-refractivity contribution in [1.29, 1.82) is 0 Å². The smallest absolute Gasteiger partial charge is 0.328 e. The van der Waals surface area contributed by atoms with Crippen molar-refractivity contribution in [2.75, 3.05) is 0 Å². The summed E-state index contributed by atoms with van der Waals surface area (Å²) in [6, 6.07) is 1.44. The topological polar surface area (TPSA) is 43.8 Å². The highest BCUT2D eigenvalue weighted by Crippen LogP contribution is 2.22. The van der Waals surface area contributed by atoms with Crippen molar-refractivity contribution in [2.45, 2.75) is 37.9 Å². The molecule has 1 heterocycles. The molecule has 0 fully saturated rings. The van der Waals surface area contributed by atoms with E-state index in [2.05, 4.69) is 5.10 Å². The molecule has 2 N–H and O–H groups in total. The Kier molecular flexibility index (Phi) is 4.35. The maximum absolute atomic E-state index is 11.9. The fourth-order valence-corrected chi connectivity index (χ4v) is 1.47. The molecule has 0 saturated heterocycles. The molecule has 0 aliphatic heterocycles. The maximum atomic E-state index is 11.9. The summed E-state index contributed by atoms with van der Waals surface area (Å²) >= 11 is 0. The van der Waals surface area contributed by atoms with Crippen LogP contribution in [0.1, 0.15) is 25.0 Å². The van der Waals surface area contributed by atoms with E-state index in [4.69, 9.17) is 5.73 Å². The predicted octanol–water partition coefficient (Wildman–Crippen LogP) is 2.02. The number of aromatic nitrogens is 2. The van der Waals surface area contributed by atoms with Gasteiger partial charge in [0.1, 0.15) is 0 Å². The number of rotatable bonds is 5. The predicted molar refractivity (Wildman–Crippen MR) is 54.8 cm³/mol. The first-order chi connectivity index (χ1) is 7.38. The van der Waals surface area contributed by atoms with E-state index >= 15 is 0 Å². The van der Waals surface area contributed by atoms with Crippen LogP contribution in [0.4, 0.5) is 13.2 Å². The van der Waals surface area contributed by atoms with Crippen molar-refractivity contribution < 1.29 is 13.2 Å². The lowest BCUT2D eigenvalue weighted by atomic mass is 10.1. The molecule has 1 atom stereocenters. The van der Waals surface area contributed by atoms with Crippen molar-refractivity contribution in [3.05, 3.63) is 18.0 Å². The summed E-state index contributed by atoms with van der Waals surface area (Å²) in [5, 5.41) is 3.98. The Balaban J connectivity index is 2.25. The number of hydrogen-bond donors (Lipinski definition) is 1. The Bertz CT molecular complexity index is 319. The van der Waals surface area contributed by atoms with E-state index in [0.29, 0.717) is 12.8 Å². The summed E-state index contributed by atoms with van der Waals surface area (Å²) in [6.07, 6.45) is -2.05. The van der Waals surface area contributed by atoms with Crippen LogP contribution in [-0.2, 0) is 13.5 Å². The van der Waals surface area contributed by atoms with Crippen LogP contribution >= 0.6 is 0 Å². The van der Waals surface area contributed by atoms with Gasteiger partial charge in [0.25, 0.3) is 0 Å². The van der Waals surface area contributed by atoms with Gasteiger partial charge in [-0.2, -0.15) is 18.3 Å². The van der Waals surface area contributed by atoms with E-state index in [9.17, 15) is 13.2 Å². The third kappa shape index (κ3) is 4.65. The monoisotopic (exact) mass is 235 g/mol. The van der Waals surface area contributed by atoms with Crippen LogP contribution in [0.25, 0.3) is 0 Å². The zero-order valence-corrected chi connectivity index (χ0v) is 9.17. The number of nitrogens with two attached hydrogens (primary N) is 1. The second-order valence-corrected chi connectivity index (χ2v) is 3.90. The van der Waals surface area contributed by atoms with Gasteiger partial charge in [0.05, 0.1) is 0 Å². The number of nitrogens with zero attached hydrogens (tertiary/aromatic N) is 2. The van der Waals surface area contributed by atoms with Crippen LogP contribution in [0.15, 0.2) is 12.3 Å². The lowest BCUT2D eigenvalue weighted by molar-refractivity contribution is -0.136. The van der Waals surface area contributed by atoms with E-state index in [1.165, 1.54) is 0 Å². The first kappa shape index (κ1) is 13.0. The third-order valence-electron chi connectivity index (χ3n) is 2.49. The summed E-state index contributed by atoms with van der Waals surface area (Å²) in [5.41, 5.74) is 6.61. The average Bonchev–Trinajstić information content (AvgIpc) is 2.57. The average molecular weight is 235 g/mol. The molecule has 3 nitrogen and oxygen atoms in total. The first-order valence-corrected chi connectivity index (χ1v) is 5.17. The van der Waals surface area contributed by atoms with Gasteiger partial charge in [-0.05, 0) is 25.3 Å². The minimum atomic E-state index is -4.11. The Morgan fingerprint density at radius 1 is 1.44 bits per heavy atom. The molecule has 0 bridgehead atoms. The highest BCUT2D eigenvalue weighted by Gasteiger charge is 2.27. The second-order valence-electron chi connectivity index (χ2n) is 3.90. The minimum absolute atomic E-state index is 0.0125. The van der Waals surface area contributed by atoms with Crippen LogP contribution < -0.4 is 5.73 Å². The van der Waals surface area contributed by atoms with Crippen LogP contribution in [0, 0.1) is 0 Å². The molecule has 1 unspecified atom stereocenters. The van der Waals surface area contributed by atoms with Gasteiger partial charge in [-0.1, -0.05) is 0 Å². The highest BCUT2D eigenvalue weighted by molar-refractivity contribution is 5.00. The lowest BCUT2D eigenvalue weighted by Gasteiger charge is -2.12. The molecule has 0 spiro atoms. The SMILES string of the molecule is Cn1nccc1CCC(N)CCC(F)(F)F. The molecule has 1 aromatic heterocycles. The van der Waals surface area contributed by atoms with Gasteiger partial charge in [0.15, 0.2) is 0 Å². The number of hydrogen-bond acceptors (Lipinski definition) is 2. The van der Waals surface area contributed by atoms with Gasteiger partial charge in [0.2, 0.25) is 0 Å². The number of halogens is 3.